The Bertz CT molecular complexity index is 4540. The lowest BCUT2D eigenvalue weighted by Crippen LogP contribution is -2.68. The molecular weight excluding hydrogens is 1200 g/mol. The highest BCUT2D eigenvalue weighted by Crippen LogP contribution is 2.48. The summed E-state index contributed by atoms with van der Waals surface area (Å²) < 4.78 is 72.6. The van der Waals surface area contributed by atoms with Crippen molar-refractivity contribution in [1.82, 2.24) is 0 Å². The number of halogens is 2. The molecule has 1 unspecified atom stereocenters. The average Bonchev–Trinajstić information content (AvgIpc) is 1.60. The van der Waals surface area contributed by atoms with Crippen LogP contribution in [0.4, 0.5) is 22.7 Å². The highest BCUT2D eigenvalue weighted by molar-refractivity contribution is 6.10. The van der Waals surface area contributed by atoms with Gasteiger partial charge in [-0.3, -0.25) is 9.79 Å². The van der Waals surface area contributed by atoms with Crippen LogP contribution < -0.4 is 42.6 Å². The van der Waals surface area contributed by atoms with Crippen LogP contribution in [0.1, 0.15) is 103 Å². The van der Waals surface area contributed by atoms with E-state index in [9.17, 15) is 4.79 Å². The zero-order chi connectivity index (χ0) is 66.7. The number of aliphatic imine (C=N–C) groups is 1. The van der Waals surface area contributed by atoms with E-state index < -0.39 is 20.5 Å². The minimum Gasteiger partial charge on any atom is -0.357 e. The highest BCUT2D eigenvalue weighted by Gasteiger charge is 2.45. The molecule has 1 N–H and O–H groups in total. The molecule has 0 saturated heterocycles. The Balaban J connectivity index is 0.000000159. The topological polar surface area (TPSA) is 232 Å². The van der Waals surface area contributed by atoms with Crippen molar-refractivity contribution in [3.63, 3.8) is 0 Å². The zero-order valence-electron chi connectivity index (χ0n) is 53.8. The Morgan fingerprint density at radius 2 is 0.870 bits per heavy atom. The first-order chi connectivity index (χ1) is 43.3. The maximum absolute atomic E-state index is 12.1. The number of nitrogens with one attached hydrogen (secondary N) is 1. The Kier molecular flexibility index (Phi) is 19.9. The molecule has 13 rings (SSSR count). The normalized spacial score (nSPS) is 17.2. The summed E-state index contributed by atoms with van der Waals surface area (Å²) in [6.07, 6.45) is 19.2. The fraction of sp³-hybridized carbons (Fsp3) is 0.221. The molecule has 0 aromatic heterocycles. The number of carbonyl (C=O) groups is 1. The second-order valence-electron chi connectivity index (χ2n) is 25.3. The number of fused-ring (bicyclic) bond motifs is 12. The first-order valence-corrected chi connectivity index (χ1v) is 32.6. The van der Waals surface area contributed by atoms with Gasteiger partial charge in [0, 0.05) is 68.4 Å². The lowest BCUT2D eigenvalue weighted by molar-refractivity contribution is -2.00. The minimum absolute atomic E-state index is 0.0570. The molecule has 92 heavy (non-hydrogen) atoms. The smallest absolute Gasteiger partial charge is 0.210 e. The largest absolute Gasteiger partial charge is 0.357 e. The van der Waals surface area contributed by atoms with Crippen molar-refractivity contribution in [2.45, 2.75) is 96.8 Å². The van der Waals surface area contributed by atoms with E-state index in [-0.39, 0.29) is 33.4 Å². The van der Waals surface area contributed by atoms with Gasteiger partial charge in [-0.25, -0.2) is 37.3 Å². The first kappa shape index (κ1) is 67.8. The molecule has 13 nitrogen and oxygen atoms in total. The number of nitrogens with zero attached hydrogens (tertiary/aromatic N) is 3. The third-order valence-electron chi connectivity index (χ3n) is 18.1. The number of anilines is 1. The van der Waals surface area contributed by atoms with Gasteiger partial charge in [-0.05, 0) is 109 Å². The fourth-order valence-corrected chi connectivity index (χ4v) is 13.2. The van der Waals surface area contributed by atoms with Crippen molar-refractivity contribution in [3.05, 3.63) is 264 Å². The summed E-state index contributed by atoms with van der Waals surface area (Å²) in [4.78, 5) is 16.9. The summed E-state index contributed by atoms with van der Waals surface area (Å²) in [5.74, 6) is -0.0630. The van der Waals surface area contributed by atoms with Crippen molar-refractivity contribution in [1.29, 1.82) is 0 Å². The molecule has 0 radical (unpaired) electrons. The molecule has 0 bridgehead atoms. The number of rotatable bonds is 8. The minimum atomic E-state index is -4.94. The molecule has 0 aliphatic carbocycles. The monoisotopic (exact) mass is 1270 g/mol. The van der Waals surface area contributed by atoms with E-state index in [0.717, 1.165) is 5.56 Å². The SMILES string of the molecule is CC(=O)C(C=CC=CC1=[N+](C)c2ccc3ccccc3c2C1(C)C)c1ccccc1.CC1=Nc2c(ccc3ccccc23)C1(C)C.C[N+]1=C(C=CC=CC=C2Nc3c(ccc4ccccc34)C2(C)C)C(C)(C)c2c1ccc1ccccc21.[O-][Cl+3]([O-])([O-])[O-].[O-][Cl+3]([O-])([O-])[O-]. The Morgan fingerprint density at radius 3 is 1.36 bits per heavy atom. The maximum Gasteiger partial charge on any atom is 0.210 e. The number of hydrogen-bond donors (Lipinski definition) is 1. The predicted octanol–water partition coefficient (Wildman–Crippen LogP) is 9.44. The highest BCUT2D eigenvalue weighted by atomic mass is 35.7. The van der Waals surface area contributed by atoms with Gasteiger partial charge in [0.25, 0.3) is 0 Å². The van der Waals surface area contributed by atoms with E-state index in [1.165, 1.54) is 111 Å². The number of allylic oxidation sites excluding steroid dienone is 10. The van der Waals surface area contributed by atoms with E-state index in [1.54, 1.807) is 6.92 Å². The van der Waals surface area contributed by atoms with E-state index >= 15 is 0 Å². The summed E-state index contributed by atoms with van der Waals surface area (Å²) in [6.45, 7) is 22.1. The summed E-state index contributed by atoms with van der Waals surface area (Å²) >= 11 is 0. The van der Waals surface area contributed by atoms with E-state index in [0.29, 0.717) is 0 Å². The standard InChI is InChI=1S/C34H32N2.C28H28NO.C15H15N.2ClHO4/c1-33(2)27-21-19-24-14-10-12-16-26(24)32(27)35-29(33)17-7-6-8-18-30-34(3,4)31-25-15-11-9-13-23(25)20-22-28(31)36(30)5;1-20(30)23(21-12-6-5-7-13-21)15-10-11-17-26-28(2,3)27-24-16-9-8-14-22(24)18-19-25(27)29(26)4;1-10-15(2,3)13-9-8-11-6-4-5-7-12(11)14(13)16-10;2*2-1(3,4)5/h6-22H,1-5H3;5-19,23H,1-4H3;4-9H,1-3H3;2*(H,2,3,4,5)/q;+1;;;/p-1. The molecule has 4 aliphatic rings. The summed E-state index contributed by atoms with van der Waals surface area (Å²) in [7, 11) is -5.58. The van der Waals surface area contributed by atoms with Crippen LogP contribution in [-0.2, 0) is 26.5 Å². The van der Waals surface area contributed by atoms with Gasteiger partial charge in [-0.15, -0.1) is 20.5 Å². The van der Waals surface area contributed by atoms with E-state index in [1.807, 2.05) is 42.5 Å². The van der Waals surface area contributed by atoms with Crippen LogP contribution in [-0.4, -0.2) is 46.2 Å². The predicted molar refractivity (Wildman–Crippen MR) is 350 cm³/mol. The number of benzene rings is 9. The molecule has 0 saturated carbocycles. The van der Waals surface area contributed by atoms with Crippen LogP contribution in [0.15, 0.2) is 241 Å². The Morgan fingerprint density at radius 1 is 0.467 bits per heavy atom. The summed E-state index contributed by atoms with van der Waals surface area (Å²) in [6, 6.07) is 62.1. The van der Waals surface area contributed by atoms with Gasteiger partial charge >= 0.3 is 0 Å². The first-order valence-electron chi connectivity index (χ1n) is 30.1. The lowest BCUT2D eigenvalue weighted by Gasteiger charge is -2.20. The third kappa shape index (κ3) is 14.5. The second kappa shape index (κ2) is 27.0. The van der Waals surface area contributed by atoms with Crippen molar-refractivity contribution < 1.29 is 71.7 Å². The number of Topliss-reactive ketones (excluding diaryl/α,β-unsaturated/α-hetero) is 1. The van der Waals surface area contributed by atoms with Crippen LogP contribution in [0.3, 0.4) is 0 Å². The number of carbonyl (C=O) groups excluding carboxylic acids is 1. The van der Waals surface area contributed by atoms with Crippen molar-refractivity contribution >= 4 is 88.8 Å². The Hall–Kier alpha value is -8.54. The number of hydrogen-bond acceptors (Lipinski definition) is 11. The van der Waals surface area contributed by atoms with Crippen LogP contribution in [0.25, 0.3) is 43.1 Å². The van der Waals surface area contributed by atoms with Gasteiger partial charge in [-0.2, -0.15) is 9.15 Å². The van der Waals surface area contributed by atoms with Crippen LogP contribution >= 0.6 is 0 Å². The van der Waals surface area contributed by atoms with Gasteiger partial charge in [0.2, 0.25) is 11.4 Å². The average molecular weight is 1270 g/mol. The molecule has 15 heteroatoms. The van der Waals surface area contributed by atoms with Gasteiger partial charge in [0.15, 0.2) is 11.4 Å². The van der Waals surface area contributed by atoms with E-state index in [2.05, 4.69) is 279 Å². The van der Waals surface area contributed by atoms with Gasteiger partial charge in [0.05, 0.1) is 28.1 Å². The summed E-state index contributed by atoms with van der Waals surface area (Å²) in [5.41, 5.74) is 16.3. The quantitative estimate of drug-likeness (QED) is 0.112. The van der Waals surface area contributed by atoms with Gasteiger partial charge in [0.1, 0.15) is 19.9 Å². The van der Waals surface area contributed by atoms with Gasteiger partial charge < -0.3 is 5.32 Å². The van der Waals surface area contributed by atoms with Crippen molar-refractivity contribution in [3.8, 4) is 0 Å². The van der Waals surface area contributed by atoms with Crippen molar-refractivity contribution in [2.75, 3.05) is 19.4 Å². The lowest BCUT2D eigenvalue weighted by atomic mass is 9.79. The molecule has 1 atom stereocenters. The summed E-state index contributed by atoms with van der Waals surface area (Å²) in [5, 5.41) is 14.0. The zero-order valence-corrected chi connectivity index (χ0v) is 55.3. The van der Waals surface area contributed by atoms with Crippen molar-refractivity contribution in [2.24, 2.45) is 4.99 Å². The molecule has 4 aliphatic heterocycles. The molecule has 472 valence electrons. The second-order valence-corrected chi connectivity index (χ2v) is 26.8. The van der Waals surface area contributed by atoms with Crippen LogP contribution in [0, 0.1) is 20.5 Å². The molecule has 9 aromatic carbocycles. The maximum atomic E-state index is 12.1. The van der Waals surface area contributed by atoms with Crippen LogP contribution in [0.2, 0.25) is 0 Å². The molecular formula is C77H76Cl2N4O9. The Labute approximate surface area is 542 Å². The molecule has 0 amide bonds. The number of ketones is 1. The van der Waals surface area contributed by atoms with Crippen LogP contribution in [0.5, 0.6) is 0 Å². The third-order valence-corrected chi connectivity index (χ3v) is 18.1. The van der Waals surface area contributed by atoms with Gasteiger partial charge in [-0.1, -0.05) is 216 Å². The fourth-order valence-electron chi connectivity index (χ4n) is 13.2. The molecule has 4 heterocycles. The van der Waals surface area contributed by atoms with E-state index in [4.69, 9.17) is 42.3 Å². The molecule has 9 aromatic rings. The molecule has 0 fully saturated rings. The molecule has 0 spiro atoms.